The smallest absolute Gasteiger partial charge is 0.185 e. The minimum absolute atomic E-state index is 0.215. The standard InChI is InChI=1S/C36H59N3O2/c1-22-18-23(2)41-36(39(22)27-13-4-3-5-14-27)33-28-15-9-8-10-24(28)16-17-29(33)34-32-30-19-25-11-6-7-12-26(25)20-31(30)40-35(32)37-21-38(34)36/h22-35,37H,3-21H2,1-2H3. The van der Waals surface area contributed by atoms with Crippen molar-refractivity contribution in [2.24, 2.45) is 47.3 Å². The average molecular weight is 566 g/mol. The topological polar surface area (TPSA) is 37.0 Å². The van der Waals surface area contributed by atoms with Gasteiger partial charge in [-0.1, -0.05) is 64.2 Å². The van der Waals surface area contributed by atoms with Gasteiger partial charge in [-0.3, -0.25) is 10.2 Å². The van der Waals surface area contributed by atoms with Crippen LogP contribution in [0.4, 0.5) is 0 Å². The van der Waals surface area contributed by atoms with Crippen molar-refractivity contribution in [1.82, 2.24) is 15.1 Å². The summed E-state index contributed by atoms with van der Waals surface area (Å²) >= 11 is 0. The van der Waals surface area contributed by atoms with Gasteiger partial charge in [0, 0.05) is 30.0 Å². The summed E-state index contributed by atoms with van der Waals surface area (Å²) in [4.78, 5) is 6.11. The van der Waals surface area contributed by atoms with E-state index in [1.165, 1.54) is 116 Å². The molecule has 4 aliphatic heterocycles. The maximum absolute atomic E-state index is 7.70. The molecule has 5 saturated carbocycles. The van der Waals surface area contributed by atoms with E-state index in [4.69, 9.17) is 9.47 Å². The average Bonchev–Trinajstić information content (AvgIpc) is 3.49. The van der Waals surface area contributed by atoms with Crippen molar-refractivity contribution in [3.63, 3.8) is 0 Å². The molecule has 14 unspecified atom stereocenters. The number of ether oxygens (including phenoxy) is 2. The number of nitrogens with one attached hydrogen (secondary N) is 1. The Balaban J connectivity index is 1.15. The highest BCUT2D eigenvalue weighted by molar-refractivity contribution is 5.18. The van der Waals surface area contributed by atoms with Crippen LogP contribution in [0.5, 0.6) is 0 Å². The largest absolute Gasteiger partial charge is 0.359 e. The second kappa shape index (κ2) is 10.4. The third kappa shape index (κ3) is 4.03. The molecular weight excluding hydrogens is 506 g/mol. The fraction of sp³-hybridized carbons (Fsp3) is 1.00. The third-order valence-electron chi connectivity index (χ3n) is 14.9. The van der Waals surface area contributed by atoms with E-state index in [0.29, 0.717) is 42.2 Å². The molecular formula is C36H59N3O2. The third-order valence-corrected chi connectivity index (χ3v) is 14.9. The van der Waals surface area contributed by atoms with Gasteiger partial charge in [0.25, 0.3) is 0 Å². The second-order valence-electron chi connectivity index (χ2n) is 16.8. The van der Waals surface area contributed by atoms with Crippen LogP contribution in [0, 0.1) is 47.3 Å². The zero-order valence-electron chi connectivity index (χ0n) is 26.2. The van der Waals surface area contributed by atoms with Gasteiger partial charge in [0.15, 0.2) is 5.85 Å². The first kappa shape index (κ1) is 27.1. The Hall–Kier alpha value is -0.200. The number of nitrogens with zero attached hydrogens (tertiary/aromatic N) is 2. The number of fused-ring (bicyclic) bond motifs is 12. The van der Waals surface area contributed by atoms with E-state index in [1.807, 2.05) is 0 Å². The van der Waals surface area contributed by atoms with E-state index in [1.54, 1.807) is 0 Å². The lowest BCUT2D eigenvalue weighted by Gasteiger charge is -2.62. The first-order valence-electron chi connectivity index (χ1n) is 18.8. The van der Waals surface area contributed by atoms with Crippen LogP contribution in [-0.2, 0) is 9.47 Å². The number of rotatable bonds is 1. The van der Waals surface area contributed by atoms with Crippen LogP contribution in [0.2, 0.25) is 0 Å². The molecule has 4 heterocycles. The van der Waals surface area contributed by atoms with Crippen molar-refractivity contribution in [2.45, 2.75) is 172 Å². The van der Waals surface area contributed by atoms with Gasteiger partial charge in [0.1, 0.15) is 6.23 Å². The molecule has 9 aliphatic rings. The minimum Gasteiger partial charge on any atom is -0.359 e. The van der Waals surface area contributed by atoms with Gasteiger partial charge >= 0.3 is 0 Å². The molecule has 1 N–H and O–H groups in total. The first-order chi connectivity index (χ1) is 20.1. The Morgan fingerprint density at radius 1 is 0.683 bits per heavy atom. The van der Waals surface area contributed by atoms with Crippen LogP contribution < -0.4 is 5.32 Å². The van der Waals surface area contributed by atoms with Crippen molar-refractivity contribution in [3.05, 3.63) is 0 Å². The molecule has 1 spiro atoms. The van der Waals surface area contributed by atoms with Crippen LogP contribution in [0.3, 0.4) is 0 Å². The Labute approximate surface area is 250 Å². The fourth-order valence-electron chi connectivity index (χ4n) is 13.8. The Morgan fingerprint density at radius 2 is 1.41 bits per heavy atom. The maximum Gasteiger partial charge on any atom is 0.185 e. The van der Waals surface area contributed by atoms with Crippen LogP contribution in [0.15, 0.2) is 0 Å². The van der Waals surface area contributed by atoms with Gasteiger partial charge in [0.2, 0.25) is 0 Å². The first-order valence-corrected chi connectivity index (χ1v) is 18.8. The molecule has 0 aromatic rings. The summed E-state index contributed by atoms with van der Waals surface area (Å²) in [7, 11) is 0. The van der Waals surface area contributed by atoms with Gasteiger partial charge in [-0.2, -0.15) is 0 Å². The van der Waals surface area contributed by atoms with Crippen molar-refractivity contribution in [1.29, 1.82) is 0 Å². The van der Waals surface area contributed by atoms with Crippen molar-refractivity contribution < 1.29 is 9.47 Å². The highest BCUT2D eigenvalue weighted by Crippen LogP contribution is 2.65. The van der Waals surface area contributed by atoms with Crippen molar-refractivity contribution in [2.75, 3.05) is 6.67 Å². The predicted molar refractivity (Wildman–Crippen MR) is 162 cm³/mol. The van der Waals surface area contributed by atoms with Gasteiger partial charge in [0.05, 0.1) is 18.9 Å². The van der Waals surface area contributed by atoms with Crippen molar-refractivity contribution in [3.8, 4) is 0 Å². The fourth-order valence-corrected chi connectivity index (χ4v) is 13.8. The summed E-state index contributed by atoms with van der Waals surface area (Å²) in [5, 5.41) is 4.09. The molecule has 0 bridgehead atoms. The second-order valence-corrected chi connectivity index (χ2v) is 16.8. The zero-order valence-corrected chi connectivity index (χ0v) is 26.2. The summed E-state index contributed by atoms with van der Waals surface area (Å²) in [5.74, 6) is 6.31. The molecule has 9 fully saturated rings. The van der Waals surface area contributed by atoms with Crippen LogP contribution in [0.1, 0.15) is 129 Å². The van der Waals surface area contributed by atoms with Crippen molar-refractivity contribution >= 4 is 0 Å². The lowest BCUT2D eigenvalue weighted by atomic mass is 9.57. The Morgan fingerprint density at radius 3 is 2.24 bits per heavy atom. The molecule has 230 valence electrons. The summed E-state index contributed by atoms with van der Waals surface area (Å²) in [6, 6.07) is 1.93. The van der Waals surface area contributed by atoms with Crippen LogP contribution in [0.25, 0.3) is 0 Å². The summed E-state index contributed by atoms with van der Waals surface area (Å²) in [5.41, 5.74) is 0. The van der Waals surface area contributed by atoms with E-state index < -0.39 is 0 Å². The molecule has 9 rings (SSSR count). The van der Waals surface area contributed by atoms with E-state index >= 15 is 0 Å². The molecule has 5 heteroatoms. The molecule has 14 atom stereocenters. The predicted octanol–water partition coefficient (Wildman–Crippen LogP) is 7.11. The molecule has 0 amide bonds. The highest BCUT2D eigenvalue weighted by Gasteiger charge is 2.73. The van der Waals surface area contributed by atoms with E-state index in [0.717, 1.165) is 42.2 Å². The monoisotopic (exact) mass is 565 g/mol. The zero-order chi connectivity index (χ0) is 27.3. The molecule has 0 radical (unpaired) electrons. The van der Waals surface area contributed by atoms with E-state index in [-0.39, 0.29) is 12.1 Å². The quantitative estimate of drug-likeness (QED) is 0.367. The normalized spacial score (nSPS) is 55.9. The van der Waals surface area contributed by atoms with Gasteiger partial charge in [-0.25, -0.2) is 4.90 Å². The SMILES string of the molecule is CC1CC(C)N(C2CCCCC2)C2(O1)C1C3CCCCC3CCC1C1C3C(NCN12)OC1CC2CCCCC2CC13. The lowest BCUT2D eigenvalue weighted by Crippen LogP contribution is -2.75. The maximum atomic E-state index is 7.70. The highest BCUT2D eigenvalue weighted by atomic mass is 16.6. The van der Waals surface area contributed by atoms with Crippen LogP contribution >= 0.6 is 0 Å². The van der Waals surface area contributed by atoms with Gasteiger partial charge in [-0.15, -0.1) is 0 Å². The Bertz CT molecular complexity index is 970. The summed E-state index contributed by atoms with van der Waals surface area (Å²) < 4.78 is 14.8. The number of hydrogen-bond donors (Lipinski definition) is 1. The van der Waals surface area contributed by atoms with E-state index in [9.17, 15) is 0 Å². The minimum atomic E-state index is -0.215. The molecule has 5 nitrogen and oxygen atoms in total. The molecule has 0 aromatic heterocycles. The van der Waals surface area contributed by atoms with E-state index in [2.05, 4.69) is 29.0 Å². The summed E-state index contributed by atoms with van der Waals surface area (Å²) in [6.45, 7) is 5.96. The van der Waals surface area contributed by atoms with Crippen LogP contribution in [-0.4, -0.2) is 58.9 Å². The summed E-state index contributed by atoms with van der Waals surface area (Å²) in [6.07, 6.45) is 26.7. The Kier molecular flexibility index (Phi) is 6.90. The molecule has 41 heavy (non-hydrogen) atoms. The van der Waals surface area contributed by atoms with Gasteiger partial charge in [-0.05, 0) is 101 Å². The number of hydrogen-bond acceptors (Lipinski definition) is 5. The van der Waals surface area contributed by atoms with Gasteiger partial charge < -0.3 is 9.47 Å². The molecule has 4 saturated heterocycles. The molecule has 5 aliphatic carbocycles. The molecule has 0 aromatic carbocycles. The lowest BCUT2D eigenvalue weighted by molar-refractivity contribution is -0.342.